The normalized spacial score (nSPS) is 19.2. The van der Waals surface area contributed by atoms with Crippen molar-refractivity contribution in [1.29, 1.82) is 0 Å². The van der Waals surface area contributed by atoms with Gasteiger partial charge in [-0.25, -0.2) is 9.97 Å². The van der Waals surface area contributed by atoms with E-state index in [2.05, 4.69) is 73.0 Å². The van der Waals surface area contributed by atoms with Gasteiger partial charge in [-0.05, 0) is 31.5 Å². The molecule has 0 spiro atoms. The molecule has 3 aromatic heterocycles. The van der Waals surface area contributed by atoms with E-state index in [1.54, 1.807) is 6.33 Å². The average molecular weight is 522 g/mol. The Morgan fingerprint density at radius 3 is 2.70 bits per heavy atom. The molecule has 2 aliphatic rings. The highest BCUT2D eigenvalue weighted by Gasteiger charge is 2.39. The summed E-state index contributed by atoms with van der Waals surface area (Å²) < 4.78 is 12.8. The summed E-state index contributed by atoms with van der Waals surface area (Å²) in [6.45, 7) is 12.9. The molecule has 37 heavy (non-hydrogen) atoms. The van der Waals surface area contributed by atoms with Crippen molar-refractivity contribution in [3.63, 3.8) is 0 Å². The highest BCUT2D eigenvalue weighted by atomic mass is 32.1. The topological polar surface area (TPSA) is 82.6 Å². The summed E-state index contributed by atoms with van der Waals surface area (Å²) in [5.41, 5.74) is 3.12. The molecule has 0 aliphatic carbocycles. The summed E-state index contributed by atoms with van der Waals surface area (Å²) in [4.78, 5) is 18.0. The van der Waals surface area contributed by atoms with Crippen LogP contribution in [0.4, 0.5) is 5.82 Å². The number of nitrogens with zero attached hydrogens (tertiary/aromatic N) is 6. The minimum absolute atomic E-state index is 0.0554. The standard InChI is InChI=1S/C27H35N7O2S/c1-27(2,25(35-3)20-5-4-6-22-21(20)16-30-31-22)34-9-7-32(8-10-34)17-19-15-23-24(37-19)26(29-18-28-23)33-11-13-36-14-12-33/h4-6,15-16,18,25H,7-14,17H2,1-3H3,(H,30,31). The minimum atomic E-state index is -0.160. The lowest BCUT2D eigenvalue weighted by Crippen LogP contribution is -2.56. The summed E-state index contributed by atoms with van der Waals surface area (Å²) in [6, 6.07) is 8.55. The number of piperazine rings is 1. The number of morpholine rings is 1. The second-order valence-electron chi connectivity index (χ2n) is 10.4. The summed E-state index contributed by atoms with van der Waals surface area (Å²) >= 11 is 1.83. The molecule has 0 bridgehead atoms. The van der Waals surface area contributed by atoms with Crippen molar-refractivity contribution in [2.75, 3.05) is 64.5 Å². The Bertz CT molecular complexity index is 1360. The lowest BCUT2D eigenvalue weighted by molar-refractivity contribution is -0.0553. The monoisotopic (exact) mass is 521 g/mol. The first-order valence-corrected chi connectivity index (χ1v) is 13.8. The predicted octanol–water partition coefficient (Wildman–Crippen LogP) is 3.69. The number of ether oxygens (including phenoxy) is 2. The molecule has 0 saturated carbocycles. The molecule has 2 fully saturated rings. The fourth-order valence-electron chi connectivity index (χ4n) is 5.85. The number of methoxy groups -OCH3 is 1. The van der Waals surface area contributed by atoms with E-state index in [0.29, 0.717) is 0 Å². The Labute approximate surface area is 221 Å². The summed E-state index contributed by atoms with van der Waals surface area (Å²) in [7, 11) is 1.82. The molecule has 9 nitrogen and oxygen atoms in total. The third kappa shape index (κ3) is 4.72. The molecule has 0 amide bonds. The van der Waals surface area contributed by atoms with Crippen LogP contribution in [0.25, 0.3) is 21.1 Å². The maximum atomic E-state index is 6.13. The van der Waals surface area contributed by atoms with Crippen molar-refractivity contribution >= 4 is 38.3 Å². The molecule has 2 saturated heterocycles. The van der Waals surface area contributed by atoms with E-state index in [1.165, 1.54) is 15.1 Å². The van der Waals surface area contributed by atoms with Gasteiger partial charge in [0.15, 0.2) is 0 Å². The van der Waals surface area contributed by atoms with E-state index in [1.807, 2.05) is 24.6 Å². The Kier molecular flexibility index (Phi) is 6.85. The van der Waals surface area contributed by atoms with Gasteiger partial charge in [0.2, 0.25) is 0 Å². The van der Waals surface area contributed by atoms with Crippen molar-refractivity contribution in [2.24, 2.45) is 0 Å². The Balaban J connectivity index is 1.14. The van der Waals surface area contributed by atoms with Crippen molar-refractivity contribution < 1.29 is 9.47 Å². The smallest absolute Gasteiger partial charge is 0.150 e. The fraction of sp³-hybridized carbons (Fsp3) is 0.519. The van der Waals surface area contributed by atoms with Gasteiger partial charge in [-0.2, -0.15) is 5.10 Å². The first-order chi connectivity index (χ1) is 18.0. The molecule has 1 unspecified atom stereocenters. The van der Waals surface area contributed by atoms with E-state index in [9.17, 15) is 0 Å². The van der Waals surface area contributed by atoms with Crippen LogP contribution in [0.15, 0.2) is 36.8 Å². The van der Waals surface area contributed by atoms with Gasteiger partial charge < -0.3 is 14.4 Å². The van der Waals surface area contributed by atoms with Crippen molar-refractivity contribution in [1.82, 2.24) is 30.0 Å². The van der Waals surface area contributed by atoms with Crippen LogP contribution in [0.1, 0.15) is 30.4 Å². The van der Waals surface area contributed by atoms with Crippen LogP contribution in [0.3, 0.4) is 0 Å². The van der Waals surface area contributed by atoms with E-state index in [4.69, 9.17) is 9.47 Å². The van der Waals surface area contributed by atoms with Crippen molar-refractivity contribution in [3.8, 4) is 0 Å². The van der Waals surface area contributed by atoms with E-state index in [-0.39, 0.29) is 11.6 Å². The third-order valence-corrected chi connectivity index (χ3v) is 9.00. The minimum Gasteiger partial charge on any atom is -0.378 e. The highest BCUT2D eigenvalue weighted by Crippen LogP contribution is 2.38. The zero-order valence-electron chi connectivity index (χ0n) is 21.8. The van der Waals surface area contributed by atoms with Crippen LogP contribution in [-0.2, 0) is 16.0 Å². The number of benzene rings is 1. The Hall–Kier alpha value is -2.63. The number of aromatic nitrogens is 4. The molecule has 5 heterocycles. The van der Waals surface area contributed by atoms with Crippen LogP contribution in [-0.4, -0.2) is 95.1 Å². The molecule has 0 radical (unpaired) electrons. The van der Waals surface area contributed by atoms with Crippen LogP contribution in [0, 0.1) is 0 Å². The van der Waals surface area contributed by atoms with E-state index in [0.717, 1.165) is 81.3 Å². The molecule has 10 heteroatoms. The summed E-state index contributed by atoms with van der Waals surface area (Å²) in [6.07, 6.45) is 3.55. The zero-order valence-corrected chi connectivity index (χ0v) is 22.6. The molecule has 1 aromatic carbocycles. The third-order valence-electron chi connectivity index (χ3n) is 7.90. The Morgan fingerprint density at radius 2 is 1.92 bits per heavy atom. The molecule has 1 N–H and O–H groups in total. The first kappa shape index (κ1) is 24.7. The Morgan fingerprint density at radius 1 is 1.11 bits per heavy atom. The second-order valence-corrected chi connectivity index (χ2v) is 11.6. The van der Waals surface area contributed by atoms with Crippen molar-refractivity contribution in [2.45, 2.75) is 32.0 Å². The maximum absolute atomic E-state index is 6.13. The molecule has 1 atom stereocenters. The van der Waals surface area contributed by atoms with Gasteiger partial charge in [-0.1, -0.05) is 12.1 Å². The van der Waals surface area contributed by atoms with Crippen molar-refractivity contribution in [3.05, 3.63) is 47.2 Å². The zero-order chi connectivity index (χ0) is 25.4. The molecule has 2 aliphatic heterocycles. The fourth-order valence-corrected chi connectivity index (χ4v) is 7.02. The van der Waals surface area contributed by atoms with Gasteiger partial charge >= 0.3 is 0 Å². The number of fused-ring (bicyclic) bond motifs is 2. The van der Waals surface area contributed by atoms with E-state index < -0.39 is 0 Å². The summed E-state index contributed by atoms with van der Waals surface area (Å²) in [5.74, 6) is 1.05. The first-order valence-electron chi connectivity index (χ1n) is 13.0. The highest BCUT2D eigenvalue weighted by molar-refractivity contribution is 7.19. The van der Waals surface area contributed by atoms with Gasteiger partial charge in [-0.3, -0.25) is 14.9 Å². The van der Waals surface area contributed by atoms with E-state index >= 15 is 0 Å². The van der Waals surface area contributed by atoms with Gasteiger partial charge in [0, 0.05) is 68.7 Å². The average Bonchev–Trinajstić information content (AvgIpc) is 3.57. The molecule has 4 aromatic rings. The lowest BCUT2D eigenvalue weighted by Gasteiger charge is -2.47. The summed E-state index contributed by atoms with van der Waals surface area (Å²) in [5, 5.41) is 8.47. The predicted molar refractivity (Wildman–Crippen MR) is 147 cm³/mol. The number of anilines is 1. The van der Waals surface area contributed by atoms with Crippen LogP contribution in [0.5, 0.6) is 0 Å². The molecular weight excluding hydrogens is 486 g/mol. The van der Waals surface area contributed by atoms with Crippen LogP contribution >= 0.6 is 11.3 Å². The molecule has 196 valence electrons. The van der Waals surface area contributed by atoms with Crippen LogP contribution < -0.4 is 4.90 Å². The number of H-pyrrole nitrogens is 1. The number of rotatable bonds is 7. The van der Waals surface area contributed by atoms with Gasteiger partial charge in [0.05, 0.1) is 35.1 Å². The molecule has 6 rings (SSSR count). The number of hydrogen-bond acceptors (Lipinski definition) is 9. The number of aromatic amines is 1. The second kappa shape index (κ2) is 10.3. The largest absolute Gasteiger partial charge is 0.378 e. The van der Waals surface area contributed by atoms with Gasteiger partial charge in [-0.15, -0.1) is 11.3 Å². The quantitative estimate of drug-likeness (QED) is 0.394. The maximum Gasteiger partial charge on any atom is 0.150 e. The number of nitrogens with one attached hydrogen (secondary N) is 1. The van der Waals surface area contributed by atoms with Crippen LogP contribution in [0.2, 0.25) is 0 Å². The molecular formula is C27H35N7O2S. The number of hydrogen-bond donors (Lipinski definition) is 1. The van der Waals surface area contributed by atoms with Gasteiger partial charge in [0.1, 0.15) is 18.2 Å². The lowest BCUT2D eigenvalue weighted by atomic mass is 9.87. The SMILES string of the molecule is COC(c1cccc2[nH]ncc12)C(C)(C)N1CCN(Cc2cc3ncnc(N4CCOCC4)c3s2)CC1. The van der Waals surface area contributed by atoms with Gasteiger partial charge in [0.25, 0.3) is 0 Å². The number of thiophene rings is 1.